The molecule has 1 unspecified atom stereocenters. The summed E-state index contributed by atoms with van der Waals surface area (Å²) in [6.45, 7) is 4.42. The Balaban J connectivity index is 0.00000225. The predicted octanol–water partition coefficient (Wildman–Crippen LogP) is 3.17. The van der Waals surface area contributed by atoms with Crippen LogP contribution in [0.3, 0.4) is 0 Å². The summed E-state index contributed by atoms with van der Waals surface area (Å²) >= 11 is 0. The van der Waals surface area contributed by atoms with Gasteiger partial charge in [-0.3, -0.25) is 4.99 Å². The van der Waals surface area contributed by atoms with Crippen LogP contribution in [0.5, 0.6) is 0 Å². The van der Waals surface area contributed by atoms with Gasteiger partial charge in [0.25, 0.3) is 0 Å². The molecule has 1 aromatic carbocycles. The molecule has 1 rings (SSSR count). The average molecular weight is 333 g/mol. The van der Waals surface area contributed by atoms with E-state index in [2.05, 4.69) is 36.3 Å². The molecule has 4 heteroatoms. The number of benzene rings is 1. The number of anilines is 1. The third kappa shape index (κ3) is 4.38. The first-order valence-corrected chi connectivity index (χ1v) is 5.26. The fourth-order valence-corrected chi connectivity index (χ4v) is 1.33. The van der Waals surface area contributed by atoms with Crippen LogP contribution >= 0.6 is 24.0 Å². The topological polar surface area (TPSA) is 50.4 Å². The molecule has 1 atom stereocenters. The summed E-state index contributed by atoms with van der Waals surface area (Å²) in [6.07, 6.45) is 1.16. The highest BCUT2D eigenvalue weighted by Crippen LogP contribution is 2.20. The molecule has 0 spiro atoms. The monoisotopic (exact) mass is 333 g/mol. The minimum atomic E-state index is 0. The van der Waals surface area contributed by atoms with E-state index in [1.165, 1.54) is 5.56 Å². The maximum atomic E-state index is 5.57. The number of aliphatic imine (C=N–C) groups is 1. The van der Waals surface area contributed by atoms with Gasteiger partial charge in [-0.05, 0) is 30.0 Å². The van der Waals surface area contributed by atoms with Crippen molar-refractivity contribution < 1.29 is 0 Å². The number of halogens is 1. The fourth-order valence-electron chi connectivity index (χ4n) is 1.33. The van der Waals surface area contributed by atoms with Crippen molar-refractivity contribution in [1.29, 1.82) is 0 Å². The van der Waals surface area contributed by atoms with Crippen molar-refractivity contribution in [3.8, 4) is 0 Å². The van der Waals surface area contributed by atoms with Gasteiger partial charge in [-0.25, -0.2) is 0 Å². The Hall–Kier alpha value is -0.780. The third-order valence-corrected chi connectivity index (χ3v) is 2.61. The van der Waals surface area contributed by atoms with Crippen molar-refractivity contribution in [3.63, 3.8) is 0 Å². The number of nitrogens with zero attached hydrogens (tertiary/aromatic N) is 1. The van der Waals surface area contributed by atoms with Gasteiger partial charge in [-0.1, -0.05) is 26.0 Å². The largest absolute Gasteiger partial charge is 0.370 e. The molecule has 0 fully saturated rings. The summed E-state index contributed by atoms with van der Waals surface area (Å²) in [5, 5.41) is 3.00. The number of nitrogens with two attached hydrogens (primary N) is 1. The van der Waals surface area contributed by atoms with Crippen LogP contribution in [0, 0.1) is 0 Å². The van der Waals surface area contributed by atoms with Gasteiger partial charge in [0.15, 0.2) is 5.96 Å². The molecule has 0 aliphatic rings. The molecule has 3 nitrogen and oxygen atoms in total. The first kappa shape index (κ1) is 15.2. The Labute approximate surface area is 115 Å². The molecule has 0 aliphatic heterocycles. The zero-order valence-corrected chi connectivity index (χ0v) is 12.4. The summed E-state index contributed by atoms with van der Waals surface area (Å²) in [4.78, 5) is 3.84. The molecule has 0 aromatic heterocycles. The molecule has 3 N–H and O–H groups in total. The quantitative estimate of drug-likeness (QED) is 0.507. The lowest BCUT2D eigenvalue weighted by Gasteiger charge is -2.10. The Kier molecular flexibility index (Phi) is 7.12. The van der Waals surface area contributed by atoms with Crippen molar-refractivity contribution >= 4 is 35.6 Å². The van der Waals surface area contributed by atoms with Crippen LogP contribution in [-0.2, 0) is 0 Å². The normalized spacial score (nSPS) is 12.8. The van der Waals surface area contributed by atoms with Crippen molar-refractivity contribution in [1.82, 2.24) is 0 Å². The molecular formula is C12H20IN3. The zero-order chi connectivity index (χ0) is 11.3. The van der Waals surface area contributed by atoms with Crippen LogP contribution < -0.4 is 11.1 Å². The zero-order valence-electron chi connectivity index (χ0n) is 10.0. The van der Waals surface area contributed by atoms with E-state index in [4.69, 9.17) is 5.73 Å². The van der Waals surface area contributed by atoms with E-state index in [-0.39, 0.29) is 24.0 Å². The van der Waals surface area contributed by atoms with Gasteiger partial charge in [0.05, 0.1) is 0 Å². The number of hydrogen-bond donors (Lipinski definition) is 2. The number of nitrogens with one attached hydrogen (secondary N) is 1. The van der Waals surface area contributed by atoms with Crippen molar-refractivity contribution in [2.75, 3.05) is 12.4 Å². The number of rotatable bonds is 3. The second-order valence-corrected chi connectivity index (χ2v) is 3.67. The predicted molar refractivity (Wildman–Crippen MR) is 81.7 cm³/mol. The van der Waals surface area contributed by atoms with Crippen LogP contribution in [-0.4, -0.2) is 13.0 Å². The second-order valence-electron chi connectivity index (χ2n) is 3.67. The molecule has 0 bridgehead atoms. The Morgan fingerprint density at radius 1 is 1.38 bits per heavy atom. The van der Waals surface area contributed by atoms with Crippen molar-refractivity contribution in [2.45, 2.75) is 26.2 Å². The Morgan fingerprint density at radius 3 is 2.38 bits per heavy atom. The molecule has 0 amide bonds. The molecule has 0 radical (unpaired) electrons. The van der Waals surface area contributed by atoms with E-state index < -0.39 is 0 Å². The highest BCUT2D eigenvalue weighted by atomic mass is 127. The summed E-state index contributed by atoms with van der Waals surface area (Å²) in [5.74, 6) is 1.04. The van der Waals surface area contributed by atoms with E-state index in [1.807, 2.05) is 12.1 Å². The van der Waals surface area contributed by atoms with Gasteiger partial charge in [-0.2, -0.15) is 0 Å². The molecule has 0 saturated carbocycles. The second kappa shape index (κ2) is 7.49. The molecule has 0 aliphatic carbocycles. The lowest BCUT2D eigenvalue weighted by molar-refractivity contribution is 0.734. The molecular weight excluding hydrogens is 313 g/mol. The Bertz CT molecular complexity index is 333. The van der Waals surface area contributed by atoms with Gasteiger partial charge >= 0.3 is 0 Å². The van der Waals surface area contributed by atoms with E-state index in [0.717, 1.165) is 12.1 Å². The molecule has 1 aromatic rings. The maximum Gasteiger partial charge on any atom is 0.192 e. The highest BCUT2D eigenvalue weighted by Gasteiger charge is 2.02. The molecule has 0 saturated heterocycles. The summed E-state index contributed by atoms with van der Waals surface area (Å²) < 4.78 is 0. The van der Waals surface area contributed by atoms with Crippen molar-refractivity contribution in [3.05, 3.63) is 29.8 Å². The lowest BCUT2D eigenvalue weighted by atomic mass is 9.99. The number of hydrogen-bond acceptors (Lipinski definition) is 1. The molecule has 0 heterocycles. The van der Waals surface area contributed by atoms with E-state index in [0.29, 0.717) is 11.9 Å². The van der Waals surface area contributed by atoms with E-state index in [9.17, 15) is 0 Å². The Morgan fingerprint density at radius 2 is 1.94 bits per heavy atom. The van der Waals surface area contributed by atoms with Crippen LogP contribution in [0.1, 0.15) is 31.7 Å². The summed E-state index contributed by atoms with van der Waals surface area (Å²) in [5.41, 5.74) is 7.90. The first-order valence-electron chi connectivity index (χ1n) is 5.26. The average Bonchev–Trinajstić information content (AvgIpc) is 2.29. The van der Waals surface area contributed by atoms with E-state index in [1.54, 1.807) is 7.05 Å². The van der Waals surface area contributed by atoms with Gasteiger partial charge in [0.1, 0.15) is 0 Å². The van der Waals surface area contributed by atoms with Gasteiger partial charge < -0.3 is 11.1 Å². The highest BCUT2D eigenvalue weighted by molar-refractivity contribution is 14.0. The lowest BCUT2D eigenvalue weighted by Crippen LogP contribution is -2.21. The summed E-state index contributed by atoms with van der Waals surface area (Å²) in [6, 6.07) is 8.30. The molecule has 16 heavy (non-hydrogen) atoms. The third-order valence-electron chi connectivity index (χ3n) is 2.61. The van der Waals surface area contributed by atoms with Crippen molar-refractivity contribution in [2.24, 2.45) is 10.7 Å². The van der Waals surface area contributed by atoms with Crippen LogP contribution in [0.15, 0.2) is 29.3 Å². The summed E-state index contributed by atoms with van der Waals surface area (Å²) in [7, 11) is 1.66. The first-order chi connectivity index (χ1) is 7.17. The van der Waals surface area contributed by atoms with E-state index >= 15 is 0 Å². The van der Waals surface area contributed by atoms with Crippen LogP contribution in [0.25, 0.3) is 0 Å². The number of guanidine groups is 1. The SMILES string of the molecule is CCC(C)c1ccc(NC(N)=NC)cc1.I. The van der Waals surface area contributed by atoms with Gasteiger partial charge in [-0.15, -0.1) is 24.0 Å². The molecule has 90 valence electrons. The standard InChI is InChI=1S/C12H19N3.HI/c1-4-9(2)10-5-7-11(8-6-10)15-12(13)14-3;/h5-9H,4H2,1-3H3,(H3,13,14,15);1H. The maximum absolute atomic E-state index is 5.57. The van der Waals surface area contributed by atoms with Crippen LogP contribution in [0.4, 0.5) is 5.69 Å². The minimum Gasteiger partial charge on any atom is -0.370 e. The van der Waals surface area contributed by atoms with Gasteiger partial charge in [0.2, 0.25) is 0 Å². The smallest absolute Gasteiger partial charge is 0.192 e. The van der Waals surface area contributed by atoms with Crippen LogP contribution in [0.2, 0.25) is 0 Å². The van der Waals surface area contributed by atoms with Gasteiger partial charge in [0, 0.05) is 12.7 Å². The minimum absolute atomic E-state index is 0. The fraction of sp³-hybridized carbons (Fsp3) is 0.417.